The maximum Gasteiger partial charge on any atom is 0.307 e. The molecule has 0 heterocycles. The van der Waals surface area contributed by atoms with E-state index in [0.717, 1.165) is 25.0 Å². The molecule has 2 heteroatoms. The average Bonchev–Trinajstić information content (AvgIpc) is 2.30. The van der Waals surface area contributed by atoms with Crippen LogP contribution in [-0.2, 0) is 9.53 Å². The van der Waals surface area contributed by atoms with Gasteiger partial charge in [0.1, 0.15) is 5.76 Å². The van der Waals surface area contributed by atoms with E-state index in [0.29, 0.717) is 0 Å². The Morgan fingerprint density at radius 2 is 2.06 bits per heavy atom. The highest BCUT2D eigenvalue weighted by Crippen LogP contribution is 2.34. The first kappa shape index (κ1) is 10.9. The van der Waals surface area contributed by atoms with Gasteiger partial charge in [0, 0.05) is 12.8 Å². The lowest BCUT2D eigenvalue weighted by molar-refractivity contribution is -0.137. The summed E-state index contributed by atoms with van der Waals surface area (Å²) >= 11 is 0. The van der Waals surface area contributed by atoms with Crippen LogP contribution in [0.1, 0.15) is 37.7 Å². The summed E-state index contributed by atoms with van der Waals surface area (Å²) in [7, 11) is 0. The average molecular weight is 216 g/mol. The van der Waals surface area contributed by atoms with Crippen molar-refractivity contribution in [2.24, 2.45) is 0 Å². The third-order valence-electron chi connectivity index (χ3n) is 2.85. The van der Waals surface area contributed by atoms with E-state index >= 15 is 0 Å². The molecule has 0 saturated carbocycles. The fourth-order valence-corrected chi connectivity index (χ4v) is 2.15. The van der Waals surface area contributed by atoms with E-state index < -0.39 is 0 Å². The van der Waals surface area contributed by atoms with Crippen LogP contribution in [0.2, 0.25) is 0 Å². The number of esters is 1. The van der Waals surface area contributed by atoms with Crippen molar-refractivity contribution in [3.63, 3.8) is 0 Å². The molecule has 0 radical (unpaired) electrons. The highest BCUT2D eigenvalue weighted by Gasteiger charge is 2.21. The van der Waals surface area contributed by atoms with E-state index in [-0.39, 0.29) is 11.9 Å². The van der Waals surface area contributed by atoms with E-state index in [1.54, 1.807) is 0 Å². The van der Waals surface area contributed by atoms with E-state index in [2.05, 4.69) is 12.1 Å². The monoisotopic (exact) mass is 216 g/mol. The predicted molar refractivity (Wildman–Crippen MR) is 62.9 cm³/mol. The molecule has 0 amide bonds. The smallest absolute Gasteiger partial charge is 0.307 e. The number of carbonyl (C=O) groups excluding carboxylic acids is 1. The zero-order valence-corrected chi connectivity index (χ0v) is 9.48. The van der Waals surface area contributed by atoms with E-state index in [1.807, 2.05) is 24.3 Å². The molecule has 0 spiro atoms. The van der Waals surface area contributed by atoms with Gasteiger partial charge in [-0.1, -0.05) is 30.3 Å². The quantitative estimate of drug-likeness (QED) is 0.708. The van der Waals surface area contributed by atoms with Crippen LogP contribution < -0.4 is 0 Å². The Labute approximate surface area is 95.9 Å². The number of allylic oxidation sites excluding steroid dienone is 2. The summed E-state index contributed by atoms with van der Waals surface area (Å²) in [6.45, 7) is 1.46. The topological polar surface area (TPSA) is 26.3 Å². The van der Waals surface area contributed by atoms with Crippen molar-refractivity contribution in [1.82, 2.24) is 0 Å². The molecule has 2 nitrogen and oxygen atoms in total. The summed E-state index contributed by atoms with van der Waals surface area (Å²) in [6.07, 6.45) is 5.27. The number of benzene rings is 1. The molecule has 1 aromatic rings. The summed E-state index contributed by atoms with van der Waals surface area (Å²) in [4.78, 5) is 11.0. The van der Waals surface area contributed by atoms with Gasteiger partial charge in [-0.25, -0.2) is 0 Å². The third-order valence-corrected chi connectivity index (χ3v) is 2.85. The number of carbonyl (C=O) groups is 1. The standard InChI is InChI=1S/C14H16O2/c1-11(15)16-14-10-6-5-9-13(14)12-7-3-2-4-8-12/h2-4,7-8,10,13H,5-6,9H2,1H3. The van der Waals surface area contributed by atoms with Crippen molar-refractivity contribution in [2.75, 3.05) is 0 Å². The van der Waals surface area contributed by atoms with Gasteiger partial charge >= 0.3 is 5.97 Å². The minimum absolute atomic E-state index is 0.228. The maximum absolute atomic E-state index is 11.0. The Morgan fingerprint density at radius 3 is 2.75 bits per heavy atom. The van der Waals surface area contributed by atoms with Gasteiger partial charge in [0.05, 0.1) is 0 Å². The molecule has 1 unspecified atom stereocenters. The number of rotatable bonds is 2. The summed E-state index contributed by atoms with van der Waals surface area (Å²) < 4.78 is 5.28. The molecule has 1 aliphatic rings. The number of hydrogen-bond acceptors (Lipinski definition) is 2. The van der Waals surface area contributed by atoms with Gasteiger partial charge < -0.3 is 4.74 Å². The molecule has 16 heavy (non-hydrogen) atoms. The van der Waals surface area contributed by atoms with Gasteiger partial charge in [-0.15, -0.1) is 0 Å². The highest BCUT2D eigenvalue weighted by molar-refractivity contribution is 5.67. The molecule has 0 aromatic heterocycles. The van der Waals surface area contributed by atoms with Gasteiger partial charge in [0.15, 0.2) is 0 Å². The van der Waals surface area contributed by atoms with Crippen LogP contribution in [0.25, 0.3) is 0 Å². The van der Waals surface area contributed by atoms with Crippen LogP contribution >= 0.6 is 0 Å². The molecular weight excluding hydrogens is 200 g/mol. The van der Waals surface area contributed by atoms with Crippen molar-refractivity contribution in [3.8, 4) is 0 Å². The fourth-order valence-electron chi connectivity index (χ4n) is 2.15. The Kier molecular flexibility index (Phi) is 3.40. The second-order valence-electron chi connectivity index (χ2n) is 4.09. The minimum atomic E-state index is -0.228. The van der Waals surface area contributed by atoms with Crippen molar-refractivity contribution in [1.29, 1.82) is 0 Å². The highest BCUT2D eigenvalue weighted by atomic mass is 16.5. The first-order chi connectivity index (χ1) is 7.77. The lowest BCUT2D eigenvalue weighted by Crippen LogP contribution is -2.12. The molecule has 1 atom stereocenters. The molecule has 0 N–H and O–H groups in total. The van der Waals surface area contributed by atoms with Gasteiger partial charge in [0.25, 0.3) is 0 Å². The van der Waals surface area contributed by atoms with Gasteiger partial charge in [-0.3, -0.25) is 4.79 Å². The van der Waals surface area contributed by atoms with Crippen molar-refractivity contribution < 1.29 is 9.53 Å². The predicted octanol–water partition coefficient (Wildman–Crippen LogP) is 3.40. The van der Waals surface area contributed by atoms with Crippen LogP contribution in [0, 0.1) is 0 Å². The summed E-state index contributed by atoms with van der Waals surface area (Å²) in [5.41, 5.74) is 1.23. The number of ether oxygens (including phenoxy) is 1. The summed E-state index contributed by atoms with van der Waals surface area (Å²) in [5, 5.41) is 0. The molecule has 0 bridgehead atoms. The van der Waals surface area contributed by atoms with Crippen LogP contribution in [0.4, 0.5) is 0 Å². The molecular formula is C14H16O2. The molecule has 1 aliphatic carbocycles. The van der Waals surface area contributed by atoms with Gasteiger partial charge in [-0.2, -0.15) is 0 Å². The van der Waals surface area contributed by atoms with E-state index in [4.69, 9.17) is 4.74 Å². The van der Waals surface area contributed by atoms with Gasteiger partial charge in [0.2, 0.25) is 0 Å². The Hall–Kier alpha value is -1.57. The lowest BCUT2D eigenvalue weighted by atomic mass is 9.87. The Balaban J connectivity index is 2.22. The van der Waals surface area contributed by atoms with Crippen LogP contribution in [0.3, 0.4) is 0 Å². The van der Waals surface area contributed by atoms with Crippen molar-refractivity contribution >= 4 is 5.97 Å². The molecule has 0 fully saturated rings. The molecule has 2 rings (SSSR count). The summed E-state index contributed by atoms with van der Waals surface area (Å²) in [6, 6.07) is 10.2. The molecule has 0 saturated heterocycles. The molecule has 1 aromatic carbocycles. The largest absolute Gasteiger partial charge is 0.431 e. The SMILES string of the molecule is CC(=O)OC1=CCCCC1c1ccccc1. The van der Waals surface area contributed by atoms with Crippen LogP contribution in [0.15, 0.2) is 42.2 Å². The first-order valence-corrected chi connectivity index (χ1v) is 5.71. The normalized spacial score (nSPS) is 20.1. The zero-order chi connectivity index (χ0) is 11.4. The van der Waals surface area contributed by atoms with Crippen LogP contribution in [-0.4, -0.2) is 5.97 Å². The summed E-state index contributed by atoms with van der Waals surface area (Å²) in [5.74, 6) is 0.845. The molecule has 0 aliphatic heterocycles. The fraction of sp³-hybridized carbons (Fsp3) is 0.357. The van der Waals surface area contributed by atoms with E-state index in [1.165, 1.54) is 12.5 Å². The van der Waals surface area contributed by atoms with Gasteiger partial charge in [-0.05, 0) is 30.9 Å². The second kappa shape index (κ2) is 4.97. The van der Waals surface area contributed by atoms with E-state index in [9.17, 15) is 4.79 Å². The number of hydrogen-bond donors (Lipinski definition) is 0. The first-order valence-electron chi connectivity index (χ1n) is 5.71. The third kappa shape index (κ3) is 2.51. The second-order valence-corrected chi connectivity index (χ2v) is 4.09. The Morgan fingerprint density at radius 1 is 1.31 bits per heavy atom. The van der Waals surface area contributed by atoms with Crippen molar-refractivity contribution in [2.45, 2.75) is 32.1 Å². The van der Waals surface area contributed by atoms with Crippen LogP contribution in [0.5, 0.6) is 0 Å². The lowest BCUT2D eigenvalue weighted by Gasteiger charge is -2.23. The minimum Gasteiger partial charge on any atom is -0.431 e. The molecule has 84 valence electrons. The maximum atomic E-state index is 11.0. The Bertz CT molecular complexity index is 392. The van der Waals surface area contributed by atoms with Crippen molar-refractivity contribution in [3.05, 3.63) is 47.7 Å². The zero-order valence-electron chi connectivity index (χ0n) is 9.48.